The molecule has 0 unspecified atom stereocenters. The molecule has 1 amide bonds. The summed E-state index contributed by atoms with van der Waals surface area (Å²) in [5, 5.41) is 0. The molecule has 0 bridgehead atoms. The van der Waals surface area contributed by atoms with Crippen molar-refractivity contribution in [2.24, 2.45) is 0 Å². The minimum Gasteiger partial charge on any atom is -0.481 e. The Morgan fingerprint density at radius 3 is 2.30 bits per heavy atom. The number of carbonyl (C=O) groups excluding carboxylic acids is 1. The van der Waals surface area contributed by atoms with Gasteiger partial charge in [0.15, 0.2) is 15.9 Å². The standard InChI is InChI=1S/C26H36N2O4S/c1-18(2)24-12-7-19(3)15-25(24)32-20(4)26(29)28(23-13-14-33(30,31)17-23)16-21-8-10-22(11-9-21)27(5)6/h7-12,15,18,20,23H,13-14,16-17H2,1-6H3/t20-,23+/m0/s1. The third-order valence-corrected chi connectivity index (χ3v) is 7.93. The predicted octanol–water partition coefficient (Wildman–Crippen LogP) is 4.17. The first-order chi connectivity index (χ1) is 15.5. The van der Waals surface area contributed by atoms with Crippen molar-refractivity contribution in [3.05, 3.63) is 59.2 Å². The molecule has 2 aromatic carbocycles. The smallest absolute Gasteiger partial charge is 0.263 e. The van der Waals surface area contributed by atoms with E-state index < -0.39 is 15.9 Å². The van der Waals surface area contributed by atoms with Crippen molar-refractivity contribution in [3.8, 4) is 5.75 Å². The van der Waals surface area contributed by atoms with Crippen LogP contribution in [0.3, 0.4) is 0 Å². The number of amides is 1. The number of ether oxygens (including phenoxy) is 1. The summed E-state index contributed by atoms with van der Waals surface area (Å²) in [6.45, 7) is 8.29. The summed E-state index contributed by atoms with van der Waals surface area (Å²) in [5.41, 5.74) is 4.14. The van der Waals surface area contributed by atoms with Crippen molar-refractivity contribution in [1.82, 2.24) is 4.90 Å². The monoisotopic (exact) mass is 472 g/mol. The predicted molar refractivity (Wildman–Crippen MR) is 134 cm³/mol. The van der Waals surface area contributed by atoms with Crippen molar-refractivity contribution in [2.75, 3.05) is 30.5 Å². The lowest BCUT2D eigenvalue weighted by atomic mass is 10.0. The fourth-order valence-electron chi connectivity index (χ4n) is 4.20. The molecule has 0 aromatic heterocycles. The van der Waals surface area contributed by atoms with Crippen LogP contribution in [0.2, 0.25) is 0 Å². The van der Waals surface area contributed by atoms with E-state index in [4.69, 9.17) is 4.74 Å². The third kappa shape index (κ3) is 6.28. The quantitative estimate of drug-likeness (QED) is 0.577. The van der Waals surface area contributed by atoms with Gasteiger partial charge in [-0.05, 0) is 61.1 Å². The highest BCUT2D eigenvalue weighted by Gasteiger charge is 2.36. The van der Waals surface area contributed by atoms with Crippen LogP contribution in [0.5, 0.6) is 5.75 Å². The molecule has 0 spiro atoms. The molecular weight excluding hydrogens is 436 g/mol. The molecule has 0 aliphatic carbocycles. The molecule has 1 fully saturated rings. The molecule has 0 radical (unpaired) electrons. The Morgan fingerprint density at radius 2 is 1.76 bits per heavy atom. The Morgan fingerprint density at radius 1 is 1.09 bits per heavy atom. The van der Waals surface area contributed by atoms with Gasteiger partial charge in [0.1, 0.15) is 5.75 Å². The third-order valence-electron chi connectivity index (χ3n) is 6.18. The van der Waals surface area contributed by atoms with Gasteiger partial charge >= 0.3 is 0 Å². The summed E-state index contributed by atoms with van der Waals surface area (Å²) in [7, 11) is 0.819. The van der Waals surface area contributed by atoms with Gasteiger partial charge in [0.2, 0.25) is 0 Å². The lowest BCUT2D eigenvalue weighted by molar-refractivity contribution is -0.140. The second-order valence-corrected chi connectivity index (χ2v) is 11.8. The summed E-state index contributed by atoms with van der Waals surface area (Å²) in [4.78, 5) is 17.3. The van der Waals surface area contributed by atoms with Gasteiger partial charge in [0.25, 0.3) is 5.91 Å². The van der Waals surface area contributed by atoms with Gasteiger partial charge in [-0.3, -0.25) is 4.79 Å². The maximum absolute atomic E-state index is 13.6. The number of rotatable bonds is 8. The van der Waals surface area contributed by atoms with Crippen LogP contribution < -0.4 is 9.64 Å². The SMILES string of the molecule is Cc1ccc(C(C)C)c(O[C@@H](C)C(=O)N(Cc2ccc(N(C)C)cc2)[C@@H]2CCS(=O)(=O)C2)c1. The first-order valence-electron chi connectivity index (χ1n) is 11.5. The van der Waals surface area contributed by atoms with Crippen molar-refractivity contribution in [1.29, 1.82) is 0 Å². The molecule has 7 heteroatoms. The molecule has 180 valence electrons. The van der Waals surface area contributed by atoms with Crippen LogP contribution in [0.15, 0.2) is 42.5 Å². The van der Waals surface area contributed by atoms with Crippen LogP contribution in [0.1, 0.15) is 49.8 Å². The molecule has 2 aromatic rings. The highest BCUT2D eigenvalue weighted by molar-refractivity contribution is 7.91. The number of nitrogens with zero attached hydrogens (tertiary/aromatic N) is 2. The van der Waals surface area contributed by atoms with E-state index in [2.05, 4.69) is 13.8 Å². The van der Waals surface area contributed by atoms with Crippen LogP contribution in [0.4, 0.5) is 5.69 Å². The largest absolute Gasteiger partial charge is 0.481 e. The van der Waals surface area contributed by atoms with Crippen molar-refractivity contribution in [3.63, 3.8) is 0 Å². The van der Waals surface area contributed by atoms with Gasteiger partial charge in [-0.25, -0.2) is 8.42 Å². The molecule has 33 heavy (non-hydrogen) atoms. The number of sulfone groups is 1. The van der Waals surface area contributed by atoms with E-state index in [9.17, 15) is 13.2 Å². The lowest BCUT2D eigenvalue weighted by Crippen LogP contribution is -2.46. The Kier molecular flexibility index (Phi) is 7.73. The Balaban J connectivity index is 1.85. The van der Waals surface area contributed by atoms with Crippen molar-refractivity contribution in [2.45, 2.75) is 58.7 Å². The maximum Gasteiger partial charge on any atom is 0.263 e. The van der Waals surface area contributed by atoms with E-state index in [1.54, 1.807) is 11.8 Å². The summed E-state index contributed by atoms with van der Waals surface area (Å²) < 4.78 is 30.5. The number of hydrogen-bond donors (Lipinski definition) is 0. The zero-order chi connectivity index (χ0) is 24.3. The normalized spacial score (nSPS) is 18.2. The van der Waals surface area contributed by atoms with Crippen LogP contribution in [0.25, 0.3) is 0 Å². The number of aryl methyl sites for hydroxylation is 1. The average molecular weight is 473 g/mol. The highest BCUT2D eigenvalue weighted by Crippen LogP contribution is 2.29. The molecule has 0 saturated carbocycles. The topological polar surface area (TPSA) is 66.9 Å². The van der Waals surface area contributed by atoms with Gasteiger partial charge in [-0.1, -0.05) is 38.1 Å². The van der Waals surface area contributed by atoms with E-state index in [-0.39, 0.29) is 29.4 Å². The van der Waals surface area contributed by atoms with Gasteiger partial charge in [0.05, 0.1) is 11.5 Å². The van der Waals surface area contributed by atoms with Crippen molar-refractivity contribution < 1.29 is 17.9 Å². The second kappa shape index (κ2) is 10.2. The average Bonchev–Trinajstić information content (AvgIpc) is 3.11. The zero-order valence-corrected chi connectivity index (χ0v) is 21.4. The molecule has 1 saturated heterocycles. The van der Waals surface area contributed by atoms with Gasteiger partial charge in [0, 0.05) is 32.4 Å². The molecular formula is C26H36N2O4S. The minimum atomic E-state index is -3.13. The van der Waals surface area contributed by atoms with Crippen LogP contribution in [-0.4, -0.2) is 57.0 Å². The Labute approximate surface area is 198 Å². The fourth-order valence-corrected chi connectivity index (χ4v) is 5.93. The number of carbonyl (C=O) groups is 1. The zero-order valence-electron chi connectivity index (χ0n) is 20.5. The molecule has 6 nitrogen and oxygen atoms in total. The summed E-state index contributed by atoms with van der Waals surface area (Å²) >= 11 is 0. The molecule has 1 heterocycles. The second-order valence-electron chi connectivity index (χ2n) is 9.54. The number of hydrogen-bond acceptors (Lipinski definition) is 5. The van der Waals surface area contributed by atoms with E-state index in [1.807, 2.05) is 68.4 Å². The van der Waals surface area contributed by atoms with Gasteiger partial charge in [-0.2, -0.15) is 0 Å². The molecule has 2 atom stereocenters. The van der Waals surface area contributed by atoms with Crippen LogP contribution in [0, 0.1) is 6.92 Å². The van der Waals surface area contributed by atoms with Gasteiger partial charge in [-0.15, -0.1) is 0 Å². The van der Waals surface area contributed by atoms with Crippen LogP contribution >= 0.6 is 0 Å². The maximum atomic E-state index is 13.6. The van der Waals surface area contributed by atoms with E-state index >= 15 is 0 Å². The Bertz CT molecular complexity index is 1080. The molecule has 1 aliphatic rings. The first kappa shape index (κ1) is 25.1. The van der Waals surface area contributed by atoms with Gasteiger partial charge < -0.3 is 14.5 Å². The van der Waals surface area contributed by atoms with E-state index in [0.717, 1.165) is 22.4 Å². The molecule has 3 rings (SSSR count). The summed E-state index contributed by atoms with van der Waals surface area (Å²) in [5.74, 6) is 0.897. The number of benzene rings is 2. The minimum absolute atomic E-state index is 0.00291. The number of anilines is 1. The van der Waals surface area contributed by atoms with E-state index in [0.29, 0.717) is 18.7 Å². The highest BCUT2D eigenvalue weighted by atomic mass is 32.2. The Hall–Kier alpha value is -2.54. The fraction of sp³-hybridized carbons (Fsp3) is 0.500. The van der Waals surface area contributed by atoms with Crippen LogP contribution in [-0.2, 0) is 21.2 Å². The first-order valence-corrected chi connectivity index (χ1v) is 13.3. The summed E-state index contributed by atoms with van der Waals surface area (Å²) in [6.07, 6.45) is -0.271. The molecule has 0 N–H and O–H groups in total. The van der Waals surface area contributed by atoms with Crippen molar-refractivity contribution >= 4 is 21.4 Å². The van der Waals surface area contributed by atoms with E-state index in [1.165, 1.54) is 0 Å². The lowest BCUT2D eigenvalue weighted by Gasteiger charge is -2.31. The molecule has 1 aliphatic heterocycles. The summed E-state index contributed by atoms with van der Waals surface area (Å²) in [6, 6.07) is 13.7.